The molecule has 0 aliphatic carbocycles. The Morgan fingerprint density at radius 2 is 2.08 bits per heavy atom. The molecule has 3 aromatic rings. The highest BCUT2D eigenvalue weighted by Gasteiger charge is 2.06. The van der Waals surface area contributed by atoms with Crippen LogP contribution in [0.15, 0.2) is 65.2 Å². The van der Waals surface area contributed by atoms with Gasteiger partial charge in [-0.3, -0.25) is 9.78 Å². The average molecular weight is 371 g/mol. The van der Waals surface area contributed by atoms with E-state index in [0.717, 1.165) is 27.1 Å². The van der Waals surface area contributed by atoms with E-state index in [2.05, 4.69) is 20.5 Å². The molecule has 1 amide bonds. The summed E-state index contributed by atoms with van der Waals surface area (Å²) in [7, 11) is 1.90. The van der Waals surface area contributed by atoms with Gasteiger partial charge in [-0.25, -0.2) is 0 Å². The van der Waals surface area contributed by atoms with Crippen LogP contribution in [0.25, 0.3) is 0 Å². The monoisotopic (exact) mass is 371 g/mol. The third kappa shape index (κ3) is 5.33. The van der Waals surface area contributed by atoms with E-state index in [-0.39, 0.29) is 5.91 Å². The molecule has 2 heterocycles. The minimum absolute atomic E-state index is 0.0115. The van der Waals surface area contributed by atoms with Crippen LogP contribution in [0.4, 0.5) is 5.69 Å². The van der Waals surface area contributed by atoms with E-state index in [1.165, 1.54) is 11.8 Å². The number of aryl methyl sites for hydroxylation is 1. The van der Waals surface area contributed by atoms with E-state index in [0.29, 0.717) is 5.75 Å². The molecule has 0 radical (unpaired) electrons. The Hall–Kier alpha value is -2.32. The molecule has 0 bridgehead atoms. The number of benzene rings is 1. The van der Waals surface area contributed by atoms with Gasteiger partial charge in [-0.1, -0.05) is 6.07 Å². The number of anilines is 1. The minimum Gasteiger partial charge on any atom is -0.325 e. The summed E-state index contributed by atoms with van der Waals surface area (Å²) in [5.41, 5.74) is 1.90. The zero-order valence-electron chi connectivity index (χ0n) is 13.6. The molecule has 6 nitrogen and oxygen atoms in total. The van der Waals surface area contributed by atoms with Crippen LogP contribution in [0.2, 0.25) is 0 Å². The van der Waals surface area contributed by atoms with E-state index >= 15 is 0 Å². The van der Waals surface area contributed by atoms with Crippen LogP contribution < -0.4 is 5.32 Å². The van der Waals surface area contributed by atoms with Gasteiger partial charge in [0.2, 0.25) is 5.91 Å². The summed E-state index contributed by atoms with van der Waals surface area (Å²) >= 11 is 3.09. The Morgan fingerprint density at radius 1 is 1.24 bits per heavy atom. The molecule has 0 saturated heterocycles. The van der Waals surface area contributed by atoms with Crippen LogP contribution in [0.1, 0.15) is 5.56 Å². The van der Waals surface area contributed by atoms with Crippen molar-refractivity contribution in [2.24, 2.45) is 7.05 Å². The smallest absolute Gasteiger partial charge is 0.234 e. The SMILES string of the molecule is Cn1cnnc1Sc1ccc(NC(=O)CSCc2cccnc2)cc1. The molecular formula is C17H17N5OS2. The first-order chi connectivity index (χ1) is 12.2. The second kappa shape index (κ2) is 8.68. The zero-order chi connectivity index (χ0) is 17.5. The van der Waals surface area contributed by atoms with Gasteiger partial charge in [0.15, 0.2) is 5.16 Å². The van der Waals surface area contributed by atoms with E-state index in [1.54, 1.807) is 24.3 Å². The van der Waals surface area contributed by atoms with Gasteiger partial charge >= 0.3 is 0 Å². The predicted octanol–water partition coefficient (Wildman–Crippen LogP) is 3.23. The standard InChI is InChI=1S/C17H17N5OS2/c1-22-12-19-21-17(22)25-15-6-4-14(5-7-15)20-16(23)11-24-10-13-3-2-8-18-9-13/h2-9,12H,10-11H2,1H3,(H,20,23). The minimum atomic E-state index is -0.0115. The van der Waals surface area contributed by atoms with Crippen molar-refractivity contribution in [1.82, 2.24) is 19.7 Å². The molecule has 1 N–H and O–H groups in total. The van der Waals surface area contributed by atoms with Gasteiger partial charge in [0.05, 0.1) is 5.75 Å². The highest BCUT2D eigenvalue weighted by Crippen LogP contribution is 2.26. The second-order valence-electron chi connectivity index (χ2n) is 5.25. The lowest BCUT2D eigenvalue weighted by Crippen LogP contribution is -2.14. The summed E-state index contributed by atoms with van der Waals surface area (Å²) in [6.45, 7) is 0. The van der Waals surface area contributed by atoms with Crippen LogP contribution in [-0.2, 0) is 17.6 Å². The second-order valence-corrected chi connectivity index (χ2v) is 7.28. The molecular weight excluding hydrogens is 354 g/mol. The fourth-order valence-electron chi connectivity index (χ4n) is 2.02. The third-order valence-corrected chi connectivity index (χ3v) is 5.31. The van der Waals surface area contributed by atoms with Crippen molar-refractivity contribution < 1.29 is 4.79 Å². The molecule has 8 heteroatoms. The summed E-state index contributed by atoms with van der Waals surface area (Å²) in [4.78, 5) is 17.1. The van der Waals surface area contributed by atoms with Crippen molar-refractivity contribution in [2.45, 2.75) is 15.8 Å². The molecule has 0 aliphatic heterocycles. The molecule has 0 atom stereocenters. The number of hydrogen-bond donors (Lipinski definition) is 1. The van der Waals surface area contributed by atoms with E-state index in [1.807, 2.05) is 54.2 Å². The van der Waals surface area contributed by atoms with E-state index in [4.69, 9.17) is 0 Å². The normalized spacial score (nSPS) is 10.6. The Bertz CT molecular complexity index is 821. The van der Waals surface area contributed by atoms with Crippen LogP contribution in [0.5, 0.6) is 0 Å². The molecule has 1 aromatic carbocycles. The van der Waals surface area contributed by atoms with Crippen LogP contribution in [0.3, 0.4) is 0 Å². The van der Waals surface area contributed by atoms with Crippen molar-refractivity contribution in [3.63, 3.8) is 0 Å². The average Bonchev–Trinajstić information content (AvgIpc) is 3.02. The summed E-state index contributed by atoms with van der Waals surface area (Å²) < 4.78 is 1.86. The number of carbonyl (C=O) groups is 1. The van der Waals surface area contributed by atoms with E-state index in [9.17, 15) is 4.79 Å². The largest absolute Gasteiger partial charge is 0.325 e. The van der Waals surface area contributed by atoms with Crippen LogP contribution in [-0.4, -0.2) is 31.4 Å². The number of hydrogen-bond acceptors (Lipinski definition) is 6. The molecule has 0 spiro atoms. The maximum Gasteiger partial charge on any atom is 0.234 e. The molecule has 0 unspecified atom stereocenters. The first-order valence-electron chi connectivity index (χ1n) is 7.59. The van der Waals surface area contributed by atoms with Gasteiger partial charge in [0.25, 0.3) is 0 Å². The molecule has 0 aliphatic rings. The van der Waals surface area contributed by atoms with Crippen molar-refractivity contribution >= 4 is 35.1 Å². The fourth-order valence-corrected chi connectivity index (χ4v) is 3.55. The molecule has 0 fully saturated rings. The molecule has 2 aromatic heterocycles. The van der Waals surface area contributed by atoms with Crippen LogP contribution >= 0.6 is 23.5 Å². The third-order valence-electron chi connectivity index (χ3n) is 3.24. The van der Waals surface area contributed by atoms with Gasteiger partial charge in [0, 0.05) is 35.8 Å². The van der Waals surface area contributed by atoms with Crippen LogP contribution in [0, 0.1) is 0 Å². The van der Waals surface area contributed by atoms with Gasteiger partial charge in [-0.2, -0.15) is 0 Å². The van der Waals surface area contributed by atoms with Crippen molar-refractivity contribution in [2.75, 3.05) is 11.1 Å². The maximum absolute atomic E-state index is 12.0. The summed E-state index contributed by atoms with van der Waals surface area (Å²) in [5, 5.41) is 11.6. The number of aromatic nitrogens is 4. The molecule has 3 rings (SSSR count). The number of nitrogens with one attached hydrogen (secondary N) is 1. The highest BCUT2D eigenvalue weighted by molar-refractivity contribution is 7.99. The number of pyridine rings is 1. The Kier molecular flexibility index (Phi) is 6.08. The lowest BCUT2D eigenvalue weighted by molar-refractivity contribution is -0.113. The zero-order valence-corrected chi connectivity index (χ0v) is 15.3. The fraction of sp³-hybridized carbons (Fsp3) is 0.176. The Balaban J connectivity index is 1.46. The first kappa shape index (κ1) is 17.5. The predicted molar refractivity (Wildman–Crippen MR) is 101 cm³/mol. The van der Waals surface area contributed by atoms with Crippen molar-refractivity contribution in [1.29, 1.82) is 0 Å². The number of nitrogens with zero attached hydrogens (tertiary/aromatic N) is 4. The Labute approximate surface area is 154 Å². The topological polar surface area (TPSA) is 72.7 Å². The summed E-state index contributed by atoms with van der Waals surface area (Å²) in [6, 6.07) is 11.6. The molecule has 25 heavy (non-hydrogen) atoms. The van der Waals surface area contributed by atoms with Crippen molar-refractivity contribution in [3.05, 3.63) is 60.7 Å². The molecule has 128 valence electrons. The lowest BCUT2D eigenvalue weighted by atomic mass is 10.3. The van der Waals surface area contributed by atoms with Gasteiger partial charge in [-0.05, 0) is 47.7 Å². The van der Waals surface area contributed by atoms with E-state index < -0.39 is 0 Å². The van der Waals surface area contributed by atoms with Gasteiger partial charge in [0.1, 0.15) is 6.33 Å². The number of thioether (sulfide) groups is 1. The number of amides is 1. The quantitative estimate of drug-likeness (QED) is 0.687. The maximum atomic E-state index is 12.0. The first-order valence-corrected chi connectivity index (χ1v) is 9.56. The number of carbonyl (C=O) groups excluding carboxylic acids is 1. The number of rotatable bonds is 7. The van der Waals surface area contributed by atoms with Crippen molar-refractivity contribution in [3.8, 4) is 0 Å². The highest BCUT2D eigenvalue weighted by atomic mass is 32.2. The summed E-state index contributed by atoms with van der Waals surface area (Å²) in [5.74, 6) is 1.17. The summed E-state index contributed by atoms with van der Waals surface area (Å²) in [6.07, 6.45) is 5.23. The van der Waals surface area contributed by atoms with Gasteiger partial charge in [-0.15, -0.1) is 22.0 Å². The Morgan fingerprint density at radius 3 is 2.76 bits per heavy atom. The lowest BCUT2D eigenvalue weighted by Gasteiger charge is -2.06. The molecule has 0 saturated carbocycles. The van der Waals surface area contributed by atoms with Gasteiger partial charge < -0.3 is 9.88 Å².